The Morgan fingerprint density at radius 2 is 2.25 bits per heavy atom. The molecule has 2 saturated heterocycles. The predicted molar refractivity (Wildman–Crippen MR) is 87.4 cm³/mol. The van der Waals surface area contributed by atoms with E-state index in [0.29, 0.717) is 18.7 Å². The summed E-state index contributed by atoms with van der Waals surface area (Å²) in [6, 6.07) is 7.60. The van der Waals surface area contributed by atoms with Crippen molar-refractivity contribution < 1.29 is 13.9 Å². The van der Waals surface area contributed by atoms with Gasteiger partial charge in [0, 0.05) is 32.0 Å². The van der Waals surface area contributed by atoms with Crippen LogP contribution < -0.4 is 0 Å². The lowest BCUT2D eigenvalue weighted by Gasteiger charge is -2.46. The van der Waals surface area contributed by atoms with E-state index in [4.69, 9.17) is 9.15 Å². The van der Waals surface area contributed by atoms with E-state index in [9.17, 15) is 4.79 Å². The molecular weight excluding hydrogens is 306 g/mol. The molecule has 24 heavy (non-hydrogen) atoms. The van der Waals surface area contributed by atoms with Crippen LogP contribution in [0.15, 0.2) is 47.3 Å². The summed E-state index contributed by atoms with van der Waals surface area (Å²) in [5, 5.41) is 0. The lowest BCUT2D eigenvalue weighted by molar-refractivity contribution is -0.0920. The van der Waals surface area contributed by atoms with Crippen molar-refractivity contribution in [2.24, 2.45) is 0 Å². The minimum Gasteiger partial charge on any atom is -0.468 e. The van der Waals surface area contributed by atoms with Gasteiger partial charge in [0.2, 0.25) is 0 Å². The van der Waals surface area contributed by atoms with Gasteiger partial charge in [0.1, 0.15) is 5.76 Å². The molecule has 4 rings (SSSR count). The highest BCUT2D eigenvalue weighted by atomic mass is 16.5. The molecule has 1 amide bonds. The second-order valence-corrected chi connectivity index (χ2v) is 6.32. The van der Waals surface area contributed by atoms with Gasteiger partial charge in [-0.05, 0) is 30.7 Å². The minimum absolute atomic E-state index is 0.0428. The summed E-state index contributed by atoms with van der Waals surface area (Å²) in [5.41, 5.74) is 0.640. The van der Waals surface area contributed by atoms with Gasteiger partial charge < -0.3 is 14.1 Å². The topological polar surface area (TPSA) is 58.8 Å². The molecular formula is C18H21N3O3. The van der Waals surface area contributed by atoms with E-state index in [1.165, 1.54) is 0 Å². The third-order valence-electron chi connectivity index (χ3n) is 4.80. The summed E-state index contributed by atoms with van der Waals surface area (Å²) in [6.07, 6.45) is 6.07. The summed E-state index contributed by atoms with van der Waals surface area (Å²) in [5.74, 6) is 0.997. The number of hydrogen-bond donors (Lipinski definition) is 0. The maximum atomic E-state index is 12.9. The van der Waals surface area contributed by atoms with Gasteiger partial charge in [-0.1, -0.05) is 0 Å². The van der Waals surface area contributed by atoms with Gasteiger partial charge in [-0.2, -0.15) is 0 Å². The summed E-state index contributed by atoms with van der Waals surface area (Å²) in [6.45, 7) is 3.76. The molecule has 6 heteroatoms. The Hall–Kier alpha value is -2.18. The maximum absolute atomic E-state index is 12.9. The molecule has 126 valence electrons. The monoisotopic (exact) mass is 327 g/mol. The van der Waals surface area contributed by atoms with Crippen molar-refractivity contribution in [3.8, 4) is 0 Å². The predicted octanol–water partition coefficient (Wildman–Crippen LogP) is 1.79. The minimum atomic E-state index is 0.0428. The Balaban J connectivity index is 1.49. The van der Waals surface area contributed by atoms with Gasteiger partial charge in [0.15, 0.2) is 0 Å². The first-order valence-electron chi connectivity index (χ1n) is 8.38. The standard InChI is InChI=1S/C18H21N3O3/c22-18(14-3-1-6-19-11-14)21-8-10-24-17-5-7-20(13-16(17)21)12-15-4-2-9-23-15/h1-4,6,9,11,16-17H,5,7-8,10,12-13H2/t16-,17-/m0/s1. The van der Waals surface area contributed by atoms with Crippen molar-refractivity contribution in [2.45, 2.75) is 25.1 Å². The quantitative estimate of drug-likeness (QED) is 0.860. The van der Waals surface area contributed by atoms with Gasteiger partial charge >= 0.3 is 0 Å². The maximum Gasteiger partial charge on any atom is 0.255 e. The fraction of sp³-hybridized carbons (Fsp3) is 0.444. The molecule has 0 saturated carbocycles. The SMILES string of the molecule is O=C(c1cccnc1)N1CCO[C@H]2CCN(Cc3ccco3)C[C@@H]21. The van der Waals surface area contributed by atoms with Crippen molar-refractivity contribution in [1.82, 2.24) is 14.8 Å². The molecule has 0 radical (unpaired) electrons. The Labute approximate surface area is 141 Å². The van der Waals surface area contributed by atoms with Crippen LogP contribution in [0.3, 0.4) is 0 Å². The van der Waals surface area contributed by atoms with Crippen molar-refractivity contribution in [2.75, 3.05) is 26.2 Å². The van der Waals surface area contributed by atoms with E-state index in [-0.39, 0.29) is 18.1 Å². The number of fused-ring (bicyclic) bond motifs is 1. The number of furan rings is 1. The van der Waals surface area contributed by atoms with Crippen LogP contribution in [0.4, 0.5) is 0 Å². The van der Waals surface area contributed by atoms with Crippen LogP contribution in [0.1, 0.15) is 22.5 Å². The highest BCUT2D eigenvalue weighted by Crippen LogP contribution is 2.25. The first-order chi connectivity index (χ1) is 11.8. The molecule has 0 aromatic carbocycles. The van der Waals surface area contributed by atoms with E-state index < -0.39 is 0 Å². The number of amides is 1. The molecule has 0 spiro atoms. The zero-order chi connectivity index (χ0) is 16.4. The second-order valence-electron chi connectivity index (χ2n) is 6.32. The molecule has 2 fully saturated rings. The number of carbonyl (C=O) groups is 1. The Morgan fingerprint density at radius 3 is 3.04 bits per heavy atom. The van der Waals surface area contributed by atoms with E-state index >= 15 is 0 Å². The summed E-state index contributed by atoms with van der Waals surface area (Å²) in [4.78, 5) is 21.2. The average molecular weight is 327 g/mol. The highest BCUT2D eigenvalue weighted by molar-refractivity contribution is 5.94. The average Bonchev–Trinajstić information content (AvgIpc) is 3.14. The van der Waals surface area contributed by atoms with Gasteiger partial charge in [0.25, 0.3) is 5.91 Å². The first kappa shape index (κ1) is 15.4. The number of rotatable bonds is 3. The Kier molecular flexibility index (Phi) is 4.32. The number of likely N-dealkylation sites (tertiary alicyclic amines) is 1. The fourth-order valence-corrected chi connectivity index (χ4v) is 3.61. The van der Waals surface area contributed by atoms with Gasteiger partial charge in [-0.25, -0.2) is 0 Å². The molecule has 2 aromatic rings. The normalized spacial score (nSPS) is 24.6. The first-order valence-corrected chi connectivity index (χ1v) is 8.38. The largest absolute Gasteiger partial charge is 0.468 e. The number of pyridine rings is 1. The van der Waals surface area contributed by atoms with Crippen LogP contribution >= 0.6 is 0 Å². The van der Waals surface area contributed by atoms with Crippen LogP contribution in [0.2, 0.25) is 0 Å². The molecule has 6 nitrogen and oxygen atoms in total. The lowest BCUT2D eigenvalue weighted by atomic mass is 9.97. The highest BCUT2D eigenvalue weighted by Gasteiger charge is 2.39. The lowest BCUT2D eigenvalue weighted by Crippen LogP contribution is -2.61. The number of morpholine rings is 1. The van der Waals surface area contributed by atoms with Crippen molar-refractivity contribution in [1.29, 1.82) is 0 Å². The van der Waals surface area contributed by atoms with Crippen molar-refractivity contribution in [3.05, 3.63) is 54.2 Å². The molecule has 0 bridgehead atoms. The zero-order valence-corrected chi connectivity index (χ0v) is 13.5. The fourth-order valence-electron chi connectivity index (χ4n) is 3.61. The number of ether oxygens (including phenoxy) is 1. The molecule has 0 aliphatic carbocycles. The van der Waals surface area contributed by atoms with Crippen LogP contribution in [0.5, 0.6) is 0 Å². The molecule has 2 atom stereocenters. The molecule has 2 aromatic heterocycles. The van der Waals surface area contributed by atoms with E-state index in [2.05, 4.69) is 9.88 Å². The van der Waals surface area contributed by atoms with Gasteiger partial charge in [0.05, 0.1) is 37.1 Å². The Bertz CT molecular complexity index is 674. The molecule has 4 heterocycles. The van der Waals surface area contributed by atoms with Crippen LogP contribution in [0.25, 0.3) is 0 Å². The number of aromatic nitrogens is 1. The smallest absolute Gasteiger partial charge is 0.255 e. The number of carbonyl (C=O) groups excluding carboxylic acids is 1. The molecule has 2 aliphatic heterocycles. The van der Waals surface area contributed by atoms with Crippen molar-refractivity contribution in [3.63, 3.8) is 0 Å². The molecule has 0 N–H and O–H groups in total. The summed E-state index contributed by atoms with van der Waals surface area (Å²) in [7, 11) is 0. The number of nitrogens with zero attached hydrogens (tertiary/aromatic N) is 3. The third-order valence-corrected chi connectivity index (χ3v) is 4.80. The van der Waals surface area contributed by atoms with Gasteiger partial charge in [-0.15, -0.1) is 0 Å². The van der Waals surface area contributed by atoms with Gasteiger partial charge in [-0.3, -0.25) is 14.7 Å². The van der Waals surface area contributed by atoms with Crippen LogP contribution in [-0.4, -0.2) is 59.1 Å². The van der Waals surface area contributed by atoms with E-state index in [1.807, 2.05) is 23.1 Å². The van der Waals surface area contributed by atoms with Crippen molar-refractivity contribution >= 4 is 5.91 Å². The number of hydrogen-bond acceptors (Lipinski definition) is 5. The molecule has 0 unspecified atom stereocenters. The van der Waals surface area contributed by atoms with Crippen LogP contribution in [-0.2, 0) is 11.3 Å². The summed E-state index contributed by atoms with van der Waals surface area (Å²) < 4.78 is 11.4. The van der Waals surface area contributed by atoms with E-state index in [0.717, 1.165) is 31.8 Å². The number of piperidine rings is 1. The third kappa shape index (κ3) is 3.07. The molecule has 2 aliphatic rings. The Morgan fingerprint density at radius 1 is 1.29 bits per heavy atom. The zero-order valence-electron chi connectivity index (χ0n) is 13.5. The van der Waals surface area contributed by atoms with Crippen LogP contribution in [0, 0.1) is 0 Å². The van der Waals surface area contributed by atoms with E-state index in [1.54, 1.807) is 24.7 Å². The second kappa shape index (κ2) is 6.75. The summed E-state index contributed by atoms with van der Waals surface area (Å²) >= 11 is 0.